The third-order valence-corrected chi connectivity index (χ3v) is 4.50. The summed E-state index contributed by atoms with van der Waals surface area (Å²) < 4.78 is 1.97. The Balaban J connectivity index is 1.99. The molecule has 1 fully saturated rings. The van der Waals surface area contributed by atoms with E-state index >= 15 is 0 Å². The van der Waals surface area contributed by atoms with Crippen molar-refractivity contribution < 1.29 is 5.11 Å². The number of aliphatic hydroxyl groups excluding tert-OH is 1. The van der Waals surface area contributed by atoms with Crippen LogP contribution in [0.25, 0.3) is 0 Å². The Kier molecular flexibility index (Phi) is 5.37. The van der Waals surface area contributed by atoms with E-state index in [1.165, 1.54) is 50.6 Å². The van der Waals surface area contributed by atoms with Gasteiger partial charge in [-0.2, -0.15) is 0 Å². The van der Waals surface area contributed by atoms with Crippen LogP contribution in [0.3, 0.4) is 0 Å². The summed E-state index contributed by atoms with van der Waals surface area (Å²) in [5.74, 6) is 1.47. The van der Waals surface area contributed by atoms with Gasteiger partial charge in [0.1, 0.15) is 5.69 Å². The Morgan fingerprint density at radius 3 is 2.53 bits per heavy atom. The van der Waals surface area contributed by atoms with Gasteiger partial charge >= 0.3 is 0 Å². The molecule has 1 aliphatic rings. The molecule has 1 N–H and O–H groups in total. The summed E-state index contributed by atoms with van der Waals surface area (Å²) in [6.45, 7) is 5.22. The summed E-state index contributed by atoms with van der Waals surface area (Å²) >= 11 is 0. The molecule has 2 rings (SSSR count). The Bertz CT molecular complexity index is 359. The molecule has 1 aliphatic carbocycles. The van der Waals surface area contributed by atoms with Crippen LogP contribution in [0.5, 0.6) is 0 Å². The number of nitrogens with zero attached hydrogens (tertiary/aromatic N) is 3. The minimum atomic E-state index is 0.0189. The molecule has 19 heavy (non-hydrogen) atoms. The highest BCUT2D eigenvalue weighted by Crippen LogP contribution is 2.38. The molecule has 0 aromatic carbocycles. The lowest BCUT2D eigenvalue weighted by atomic mass is 9.78. The molecule has 0 atom stereocenters. The second kappa shape index (κ2) is 7.04. The molecular weight excluding hydrogens is 238 g/mol. The largest absolute Gasteiger partial charge is 0.390 e. The standard InChI is InChI=1S/C15H27N3O/c1-3-5-6-12-7-9-13(10-8-12)15-14(11-19)16-17-18(15)4-2/h12-13,19H,3-11H2,1-2H3. The molecule has 0 radical (unpaired) electrons. The molecule has 1 heterocycles. The van der Waals surface area contributed by atoms with Gasteiger partial charge in [0.25, 0.3) is 0 Å². The minimum Gasteiger partial charge on any atom is -0.390 e. The molecule has 0 unspecified atom stereocenters. The summed E-state index contributed by atoms with van der Waals surface area (Å²) in [5.41, 5.74) is 1.98. The van der Waals surface area contributed by atoms with Gasteiger partial charge in [-0.25, -0.2) is 4.68 Å². The molecule has 1 aromatic heterocycles. The van der Waals surface area contributed by atoms with Crippen LogP contribution >= 0.6 is 0 Å². The van der Waals surface area contributed by atoms with E-state index < -0.39 is 0 Å². The van der Waals surface area contributed by atoms with Crippen LogP contribution in [-0.4, -0.2) is 20.1 Å². The summed E-state index contributed by atoms with van der Waals surface area (Å²) in [5, 5.41) is 17.7. The lowest BCUT2D eigenvalue weighted by molar-refractivity contribution is 0.267. The van der Waals surface area contributed by atoms with Gasteiger partial charge in [0.15, 0.2) is 0 Å². The van der Waals surface area contributed by atoms with E-state index in [-0.39, 0.29) is 6.61 Å². The summed E-state index contributed by atoms with van der Waals surface area (Å²) in [7, 11) is 0. The number of aryl methyl sites for hydroxylation is 1. The van der Waals surface area contributed by atoms with Gasteiger partial charge < -0.3 is 5.11 Å². The maximum absolute atomic E-state index is 9.41. The first kappa shape index (κ1) is 14.5. The normalized spacial score (nSPS) is 23.7. The van der Waals surface area contributed by atoms with E-state index in [1.807, 2.05) is 4.68 Å². The van der Waals surface area contributed by atoms with E-state index in [0.717, 1.165) is 18.2 Å². The molecule has 1 saturated carbocycles. The highest BCUT2D eigenvalue weighted by Gasteiger charge is 2.27. The molecule has 0 spiro atoms. The Morgan fingerprint density at radius 1 is 1.21 bits per heavy atom. The van der Waals surface area contributed by atoms with E-state index in [9.17, 15) is 5.11 Å². The van der Waals surface area contributed by atoms with Crippen molar-refractivity contribution in [1.82, 2.24) is 15.0 Å². The van der Waals surface area contributed by atoms with Crippen molar-refractivity contribution >= 4 is 0 Å². The van der Waals surface area contributed by atoms with E-state index in [2.05, 4.69) is 24.2 Å². The smallest absolute Gasteiger partial charge is 0.112 e. The van der Waals surface area contributed by atoms with Crippen molar-refractivity contribution in [3.63, 3.8) is 0 Å². The average Bonchev–Trinajstić information content (AvgIpc) is 2.88. The molecule has 4 nitrogen and oxygen atoms in total. The Labute approximate surface area is 116 Å². The minimum absolute atomic E-state index is 0.0189. The quantitative estimate of drug-likeness (QED) is 0.859. The van der Waals surface area contributed by atoms with Gasteiger partial charge in [0.05, 0.1) is 12.3 Å². The number of aliphatic hydroxyl groups is 1. The Morgan fingerprint density at radius 2 is 1.95 bits per heavy atom. The molecule has 0 amide bonds. The van der Waals surface area contributed by atoms with Crippen LogP contribution in [0, 0.1) is 5.92 Å². The topological polar surface area (TPSA) is 50.9 Å². The predicted molar refractivity (Wildman–Crippen MR) is 75.8 cm³/mol. The maximum Gasteiger partial charge on any atom is 0.112 e. The van der Waals surface area contributed by atoms with Crippen molar-refractivity contribution in [2.75, 3.05) is 0 Å². The van der Waals surface area contributed by atoms with Gasteiger partial charge in [0, 0.05) is 12.5 Å². The zero-order valence-corrected chi connectivity index (χ0v) is 12.3. The van der Waals surface area contributed by atoms with Crippen molar-refractivity contribution in [1.29, 1.82) is 0 Å². The molecule has 4 heteroatoms. The van der Waals surface area contributed by atoms with Crippen molar-refractivity contribution in [3.05, 3.63) is 11.4 Å². The van der Waals surface area contributed by atoms with Crippen LogP contribution in [0.1, 0.15) is 76.1 Å². The maximum atomic E-state index is 9.41. The molecule has 108 valence electrons. The second-order valence-electron chi connectivity index (χ2n) is 5.76. The predicted octanol–water partition coefficient (Wildman–Crippen LogP) is 3.25. The highest BCUT2D eigenvalue weighted by molar-refractivity contribution is 5.15. The van der Waals surface area contributed by atoms with Gasteiger partial charge in [-0.1, -0.05) is 31.4 Å². The second-order valence-corrected chi connectivity index (χ2v) is 5.76. The molecule has 0 bridgehead atoms. The third kappa shape index (κ3) is 3.35. The molecular formula is C15H27N3O. The van der Waals surface area contributed by atoms with Gasteiger partial charge in [-0.3, -0.25) is 0 Å². The summed E-state index contributed by atoms with van der Waals surface area (Å²) in [6, 6.07) is 0. The number of rotatable bonds is 6. The van der Waals surface area contributed by atoms with Crippen LogP contribution < -0.4 is 0 Å². The zero-order chi connectivity index (χ0) is 13.7. The first-order chi connectivity index (χ1) is 9.30. The zero-order valence-electron chi connectivity index (χ0n) is 12.3. The third-order valence-electron chi connectivity index (χ3n) is 4.50. The highest BCUT2D eigenvalue weighted by atomic mass is 16.3. The van der Waals surface area contributed by atoms with Crippen LogP contribution in [-0.2, 0) is 13.2 Å². The van der Waals surface area contributed by atoms with Crippen molar-refractivity contribution in [3.8, 4) is 0 Å². The lowest BCUT2D eigenvalue weighted by Gasteiger charge is -2.29. The fourth-order valence-electron chi connectivity index (χ4n) is 3.37. The first-order valence-corrected chi connectivity index (χ1v) is 7.83. The van der Waals surface area contributed by atoms with Crippen LogP contribution in [0.4, 0.5) is 0 Å². The van der Waals surface area contributed by atoms with Gasteiger partial charge in [-0.15, -0.1) is 5.10 Å². The fraction of sp³-hybridized carbons (Fsp3) is 0.867. The van der Waals surface area contributed by atoms with Gasteiger partial charge in [-0.05, 0) is 38.5 Å². The van der Waals surface area contributed by atoms with Crippen molar-refractivity contribution in [2.45, 2.75) is 77.9 Å². The van der Waals surface area contributed by atoms with Gasteiger partial charge in [0.2, 0.25) is 0 Å². The molecule has 0 aliphatic heterocycles. The Hall–Kier alpha value is -0.900. The molecule has 1 aromatic rings. The summed E-state index contributed by atoms with van der Waals surface area (Å²) in [4.78, 5) is 0. The van der Waals surface area contributed by atoms with E-state index in [1.54, 1.807) is 0 Å². The summed E-state index contributed by atoms with van der Waals surface area (Å²) in [6.07, 6.45) is 9.17. The lowest BCUT2D eigenvalue weighted by Crippen LogP contribution is -2.17. The molecule has 0 saturated heterocycles. The first-order valence-electron chi connectivity index (χ1n) is 7.83. The monoisotopic (exact) mass is 265 g/mol. The number of hydrogen-bond donors (Lipinski definition) is 1. The SMILES string of the molecule is CCCCC1CCC(c2c(CO)nnn2CC)CC1. The van der Waals surface area contributed by atoms with Crippen molar-refractivity contribution in [2.24, 2.45) is 5.92 Å². The van der Waals surface area contributed by atoms with Crippen LogP contribution in [0.15, 0.2) is 0 Å². The number of hydrogen-bond acceptors (Lipinski definition) is 3. The number of aromatic nitrogens is 3. The fourth-order valence-corrected chi connectivity index (χ4v) is 3.37. The average molecular weight is 265 g/mol. The number of unbranched alkanes of at least 4 members (excludes halogenated alkanes) is 1. The van der Waals surface area contributed by atoms with Crippen LogP contribution in [0.2, 0.25) is 0 Å². The van der Waals surface area contributed by atoms with E-state index in [0.29, 0.717) is 5.92 Å². The van der Waals surface area contributed by atoms with E-state index in [4.69, 9.17) is 0 Å².